The maximum Gasteiger partial charge on any atom is 0.272 e. The summed E-state index contributed by atoms with van der Waals surface area (Å²) in [5, 5.41) is 7.97. The van der Waals surface area contributed by atoms with Gasteiger partial charge in [-0.25, -0.2) is 4.68 Å². The third-order valence-corrected chi connectivity index (χ3v) is 3.36. The number of hydrogen-bond acceptors (Lipinski definition) is 2. The Balaban J connectivity index is 1.87. The third-order valence-electron chi connectivity index (χ3n) is 3.10. The molecule has 0 bridgehead atoms. The Hall–Kier alpha value is -1.81. The fourth-order valence-electron chi connectivity index (χ4n) is 1.92. The zero-order valence-electron chi connectivity index (χ0n) is 10.6. The first-order valence-electron chi connectivity index (χ1n) is 6.27. The summed E-state index contributed by atoms with van der Waals surface area (Å²) in [6.45, 7) is 1.93. The van der Waals surface area contributed by atoms with Crippen LogP contribution in [-0.2, 0) is 0 Å². The van der Waals surface area contributed by atoms with Crippen LogP contribution < -0.4 is 5.32 Å². The summed E-state index contributed by atoms with van der Waals surface area (Å²) in [5.74, 6) is -0.0988. The first-order chi connectivity index (χ1) is 9.13. The Morgan fingerprint density at radius 1 is 1.37 bits per heavy atom. The highest BCUT2D eigenvalue weighted by molar-refractivity contribution is 6.30. The summed E-state index contributed by atoms with van der Waals surface area (Å²) in [4.78, 5) is 11.9. The number of carbonyl (C=O) groups excluding carboxylic acids is 1. The van der Waals surface area contributed by atoms with Crippen LogP contribution in [0.25, 0.3) is 5.69 Å². The zero-order valence-corrected chi connectivity index (χ0v) is 11.3. The summed E-state index contributed by atoms with van der Waals surface area (Å²) in [6.07, 6.45) is 2.14. The van der Waals surface area contributed by atoms with Gasteiger partial charge >= 0.3 is 0 Å². The van der Waals surface area contributed by atoms with E-state index < -0.39 is 0 Å². The van der Waals surface area contributed by atoms with E-state index in [0.29, 0.717) is 16.8 Å². The van der Waals surface area contributed by atoms with Crippen molar-refractivity contribution in [1.29, 1.82) is 0 Å². The molecule has 0 spiro atoms. The van der Waals surface area contributed by atoms with Crippen molar-refractivity contribution in [2.24, 2.45) is 0 Å². The molecule has 0 saturated heterocycles. The van der Waals surface area contributed by atoms with Gasteiger partial charge in [-0.1, -0.05) is 11.6 Å². The number of benzene rings is 1. The molecule has 4 nitrogen and oxygen atoms in total. The fourth-order valence-corrected chi connectivity index (χ4v) is 2.04. The van der Waals surface area contributed by atoms with Crippen molar-refractivity contribution in [3.05, 3.63) is 46.7 Å². The van der Waals surface area contributed by atoms with E-state index in [2.05, 4.69) is 10.4 Å². The van der Waals surface area contributed by atoms with E-state index in [1.165, 1.54) is 0 Å². The lowest BCUT2D eigenvalue weighted by atomic mass is 10.3. The standard InChI is InChI=1S/C14H14ClN3O/c1-9-8-13(14(19)16-11-4-5-11)17-18(9)12-6-2-10(15)3-7-12/h2-3,6-8,11H,4-5H2,1H3,(H,16,19). The molecule has 5 heteroatoms. The SMILES string of the molecule is Cc1cc(C(=O)NC2CC2)nn1-c1ccc(Cl)cc1. The molecule has 0 atom stereocenters. The highest BCUT2D eigenvalue weighted by Gasteiger charge is 2.25. The van der Waals surface area contributed by atoms with Gasteiger partial charge in [-0.15, -0.1) is 0 Å². The van der Waals surface area contributed by atoms with Crippen LogP contribution in [0.15, 0.2) is 30.3 Å². The average Bonchev–Trinajstić information content (AvgIpc) is 3.11. The van der Waals surface area contributed by atoms with E-state index in [4.69, 9.17) is 11.6 Å². The van der Waals surface area contributed by atoms with Crippen LogP contribution >= 0.6 is 11.6 Å². The fraction of sp³-hybridized carbons (Fsp3) is 0.286. The minimum atomic E-state index is -0.0988. The number of aromatic nitrogens is 2. The summed E-state index contributed by atoms with van der Waals surface area (Å²) in [6, 6.07) is 9.51. The summed E-state index contributed by atoms with van der Waals surface area (Å²) in [5.41, 5.74) is 2.27. The minimum absolute atomic E-state index is 0.0988. The Labute approximate surface area is 116 Å². The van der Waals surface area contributed by atoms with Gasteiger partial charge in [0.25, 0.3) is 5.91 Å². The van der Waals surface area contributed by atoms with Crippen molar-refractivity contribution < 1.29 is 4.79 Å². The monoisotopic (exact) mass is 275 g/mol. The van der Waals surface area contributed by atoms with Crippen LogP contribution in [0.4, 0.5) is 0 Å². The Kier molecular flexibility index (Phi) is 3.03. The lowest BCUT2D eigenvalue weighted by molar-refractivity contribution is 0.0945. The molecule has 1 aliphatic carbocycles. The molecule has 0 unspecified atom stereocenters. The molecule has 98 valence electrons. The number of aryl methyl sites for hydroxylation is 1. The molecule has 1 fully saturated rings. The molecule has 1 aromatic heterocycles. The number of amides is 1. The number of rotatable bonds is 3. The number of hydrogen-bond donors (Lipinski definition) is 1. The Morgan fingerprint density at radius 3 is 2.68 bits per heavy atom. The number of nitrogens with zero attached hydrogens (tertiary/aromatic N) is 2. The number of carbonyl (C=O) groups is 1. The lowest BCUT2D eigenvalue weighted by Crippen LogP contribution is -2.25. The average molecular weight is 276 g/mol. The van der Waals surface area contributed by atoms with Crippen LogP contribution in [0.2, 0.25) is 5.02 Å². The summed E-state index contributed by atoms with van der Waals surface area (Å²) < 4.78 is 1.75. The maximum atomic E-state index is 11.9. The summed E-state index contributed by atoms with van der Waals surface area (Å²) in [7, 11) is 0. The second kappa shape index (κ2) is 4.70. The highest BCUT2D eigenvalue weighted by atomic mass is 35.5. The molecule has 2 aromatic rings. The van der Waals surface area contributed by atoms with Crippen LogP contribution in [0.3, 0.4) is 0 Å². The van der Waals surface area contributed by atoms with Crippen molar-refractivity contribution in [2.75, 3.05) is 0 Å². The van der Waals surface area contributed by atoms with Crippen molar-refractivity contribution in [1.82, 2.24) is 15.1 Å². The number of halogens is 1. The first-order valence-corrected chi connectivity index (χ1v) is 6.65. The molecule has 1 amide bonds. The second-order valence-corrected chi connectivity index (χ2v) is 5.24. The van der Waals surface area contributed by atoms with Gasteiger partial charge in [0.1, 0.15) is 0 Å². The Bertz CT molecular complexity index is 614. The second-order valence-electron chi connectivity index (χ2n) is 4.81. The lowest BCUT2D eigenvalue weighted by Gasteiger charge is -2.03. The molecule has 0 aliphatic heterocycles. The topological polar surface area (TPSA) is 46.9 Å². The quantitative estimate of drug-likeness (QED) is 0.936. The molecule has 1 N–H and O–H groups in total. The van der Waals surface area contributed by atoms with Crippen molar-refractivity contribution in [3.8, 4) is 5.69 Å². The van der Waals surface area contributed by atoms with Gasteiger partial charge in [0.05, 0.1) is 5.69 Å². The van der Waals surface area contributed by atoms with E-state index in [-0.39, 0.29) is 5.91 Å². The van der Waals surface area contributed by atoms with Gasteiger partial charge in [0.15, 0.2) is 5.69 Å². The van der Waals surface area contributed by atoms with Crippen LogP contribution in [0.5, 0.6) is 0 Å². The van der Waals surface area contributed by atoms with E-state index >= 15 is 0 Å². The summed E-state index contributed by atoms with van der Waals surface area (Å²) >= 11 is 5.87. The van der Waals surface area contributed by atoms with Gasteiger partial charge < -0.3 is 5.32 Å². The molecule has 19 heavy (non-hydrogen) atoms. The van der Waals surface area contributed by atoms with Gasteiger partial charge in [-0.3, -0.25) is 4.79 Å². The van der Waals surface area contributed by atoms with Crippen molar-refractivity contribution in [2.45, 2.75) is 25.8 Å². The first kappa shape index (κ1) is 12.2. The largest absolute Gasteiger partial charge is 0.348 e. The normalized spacial score (nSPS) is 14.4. The van der Waals surface area contributed by atoms with Crippen LogP contribution in [0.1, 0.15) is 29.0 Å². The minimum Gasteiger partial charge on any atom is -0.348 e. The van der Waals surface area contributed by atoms with Gasteiger partial charge in [-0.05, 0) is 50.1 Å². The number of nitrogens with one attached hydrogen (secondary N) is 1. The van der Waals surface area contributed by atoms with E-state index in [9.17, 15) is 4.79 Å². The Morgan fingerprint density at radius 2 is 2.05 bits per heavy atom. The zero-order chi connectivity index (χ0) is 13.4. The van der Waals surface area contributed by atoms with E-state index in [1.54, 1.807) is 10.7 Å². The third kappa shape index (κ3) is 2.63. The predicted molar refractivity (Wildman–Crippen MR) is 73.8 cm³/mol. The highest BCUT2D eigenvalue weighted by Crippen LogP contribution is 2.20. The molecule has 1 aliphatic rings. The molecule has 1 saturated carbocycles. The maximum absolute atomic E-state index is 11.9. The smallest absolute Gasteiger partial charge is 0.272 e. The van der Waals surface area contributed by atoms with Gasteiger partial charge in [0.2, 0.25) is 0 Å². The van der Waals surface area contributed by atoms with Gasteiger partial charge in [0, 0.05) is 16.8 Å². The van der Waals surface area contributed by atoms with Crippen molar-refractivity contribution in [3.63, 3.8) is 0 Å². The molecule has 1 heterocycles. The molecule has 0 radical (unpaired) electrons. The molecular weight excluding hydrogens is 262 g/mol. The van der Waals surface area contributed by atoms with Crippen LogP contribution in [-0.4, -0.2) is 21.7 Å². The van der Waals surface area contributed by atoms with Crippen LogP contribution in [0, 0.1) is 6.92 Å². The molecule has 3 rings (SSSR count). The van der Waals surface area contributed by atoms with E-state index in [1.807, 2.05) is 31.2 Å². The van der Waals surface area contributed by atoms with Gasteiger partial charge in [-0.2, -0.15) is 5.10 Å². The van der Waals surface area contributed by atoms with E-state index in [0.717, 1.165) is 24.2 Å². The molecule has 1 aromatic carbocycles. The predicted octanol–water partition coefficient (Wildman–Crippen LogP) is 2.73. The van der Waals surface area contributed by atoms with Crippen molar-refractivity contribution >= 4 is 17.5 Å². The molecular formula is C14H14ClN3O.